The quantitative estimate of drug-likeness (QED) is 0.505. The Kier molecular flexibility index (Phi) is 4.88. The van der Waals surface area contributed by atoms with Crippen molar-refractivity contribution in [3.63, 3.8) is 0 Å². The molecule has 1 aliphatic rings. The van der Waals surface area contributed by atoms with Crippen LogP contribution >= 0.6 is 0 Å². The first kappa shape index (κ1) is 14.8. The maximum absolute atomic E-state index is 9.68. The van der Waals surface area contributed by atoms with E-state index in [2.05, 4.69) is 0 Å². The topological polar surface area (TPSA) is 99.4 Å². The predicted molar refractivity (Wildman–Crippen MR) is 59.2 cm³/mol. The summed E-state index contributed by atoms with van der Waals surface area (Å²) in [6.07, 6.45) is -6.01. The van der Waals surface area contributed by atoms with Crippen LogP contribution in [0.3, 0.4) is 0 Å². The normalized spacial score (nSPS) is 39.4. The second kappa shape index (κ2) is 5.60. The van der Waals surface area contributed by atoms with E-state index in [4.69, 9.17) is 14.6 Å². The van der Waals surface area contributed by atoms with Gasteiger partial charge in [0.25, 0.3) is 0 Å². The molecule has 3 unspecified atom stereocenters. The lowest BCUT2D eigenvalue weighted by molar-refractivity contribution is -0.305. The molecule has 1 aliphatic heterocycles. The highest BCUT2D eigenvalue weighted by Crippen LogP contribution is 2.24. The minimum Gasteiger partial charge on any atom is -0.394 e. The van der Waals surface area contributed by atoms with Gasteiger partial charge >= 0.3 is 0 Å². The summed E-state index contributed by atoms with van der Waals surface area (Å²) in [4.78, 5) is 0. The molecule has 0 aliphatic carbocycles. The first-order valence-electron chi connectivity index (χ1n) is 5.68. The van der Waals surface area contributed by atoms with Crippen molar-refractivity contribution < 1.29 is 29.9 Å². The van der Waals surface area contributed by atoms with E-state index < -0.39 is 37.3 Å². The van der Waals surface area contributed by atoms with Gasteiger partial charge in [0.15, 0.2) is 6.29 Å². The van der Waals surface area contributed by atoms with Crippen LogP contribution in [0.25, 0.3) is 0 Å². The smallest absolute Gasteiger partial charge is 0.186 e. The fraction of sp³-hybridized carbons (Fsp3) is 1.00. The van der Waals surface area contributed by atoms with Crippen molar-refractivity contribution in [2.75, 3.05) is 13.2 Å². The van der Waals surface area contributed by atoms with Crippen LogP contribution in [-0.4, -0.2) is 64.3 Å². The number of aliphatic hydroxyl groups is 4. The van der Waals surface area contributed by atoms with Crippen LogP contribution in [0.4, 0.5) is 0 Å². The molecule has 1 rings (SSSR count). The van der Waals surface area contributed by atoms with Crippen LogP contribution in [0.15, 0.2) is 0 Å². The lowest BCUT2D eigenvalue weighted by Gasteiger charge is -2.40. The summed E-state index contributed by atoms with van der Waals surface area (Å²) in [6.45, 7) is 5.75. The summed E-state index contributed by atoms with van der Waals surface area (Å²) < 4.78 is 10.5. The van der Waals surface area contributed by atoms with Gasteiger partial charge in [-0.3, -0.25) is 0 Å². The Labute approximate surface area is 101 Å². The molecule has 0 aromatic carbocycles. The summed E-state index contributed by atoms with van der Waals surface area (Å²) in [5.41, 5.74) is -0.112. The molecule has 1 saturated heterocycles. The summed E-state index contributed by atoms with van der Waals surface area (Å²) in [5, 5.41) is 37.7. The molecule has 0 amide bonds. The maximum atomic E-state index is 9.68. The molecule has 0 aromatic rings. The van der Waals surface area contributed by atoms with E-state index in [0.29, 0.717) is 6.61 Å². The summed E-state index contributed by atoms with van der Waals surface area (Å²) in [6, 6.07) is 0. The van der Waals surface area contributed by atoms with Gasteiger partial charge in [0.05, 0.1) is 13.2 Å². The second-order valence-electron chi connectivity index (χ2n) is 5.57. The molecule has 17 heavy (non-hydrogen) atoms. The third-order valence-electron chi connectivity index (χ3n) is 2.53. The van der Waals surface area contributed by atoms with Crippen LogP contribution in [0, 0.1) is 5.41 Å². The molecular formula is C11H22O6. The van der Waals surface area contributed by atoms with E-state index in [9.17, 15) is 15.3 Å². The lowest BCUT2D eigenvalue weighted by Crippen LogP contribution is -2.59. The van der Waals surface area contributed by atoms with Gasteiger partial charge < -0.3 is 29.9 Å². The van der Waals surface area contributed by atoms with Crippen LogP contribution in [-0.2, 0) is 9.47 Å². The van der Waals surface area contributed by atoms with E-state index in [1.807, 2.05) is 20.8 Å². The molecule has 6 nitrogen and oxygen atoms in total. The second-order valence-corrected chi connectivity index (χ2v) is 5.57. The molecule has 0 bridgehead atoms. The van der Waals surface area contributed by atoms with Gasteiger partial charge in [-0.05, 0) is 5.41 Å². The first-order valence-corrected chi connectivity index (χ1v) is 5.68. The third-order valence-corrected chi connectivity index (χ3v) is 2.53. The number of hydrogen-bond donors (Lipinski definition) is 4. The largest absolute Gasteiger partial charge is 0.394 e. The molecule has 4 N–H and O–H groups in total. The van der Waals surface area contributed by atoms with Crippen LogP contribution in [0.2, 0.25) is 0 Å². The molecule has 0 saturated carbocycles. The van der Waals surface area contributed by atoms with Gasteiger partial charge in [-0.15, -0.1) is 0 Å². The maximum Gasteiger partial charge on any atom is 0.186 e. The molecule has 1 fully saturated rings. The van der Waals surface area contributed by atoms with Gasteiger partial charge in [-0.2, -0.15) is 0 Å². The summed E-state index contributed by atoms with van der Waals surface area (Å²) in [7, 11) is 0. The SMILES string of the molecule is CC(C)(C)CO[C@@H]1OC(CO)[C@@H](O)C(O)C1O. The molecule has 102 valence electrons. The third kappa shape index (κ3) is 3.87. The molecule has 0 aromatic heterocycles. The zero-order valence-corrected chi connectivity index (χ0v) is 10.4. The average molecular weight is 250 g/mol. The van der Waals surface area contributed by atoms with Crippen molar-refractivity contribution in [3.8, 4) is 0 Å². The van der Waals surface area contributed by atoms with Crippen molar-refractivity contribution in [2.45, 2.75) is 51.5 Å². The van der Waals surface area contributed by atoms with Crippen molar-refractivity contribution >= 4 is 0 Å². The summed E-state index contributed by atoms with van der Waals surface area (Å²) >= 11 is 0. The van der Waals surface area contributed by atoms with Crippen LogP contribution < -0.4 is 0 Å². The van der Waals surface area contributed by atoms with Gasteiger partial charge in [-0.25, -0.2) is 0 Å². The monoisotopic (exact) mass is 250 g/mol. The van der Waals surface area contributed by atoms with Crippen molar-refractivity contribution in [1.29, 1.82) is 0 Å². The van der Waals surface area contributed by atoms with Crippen molar-refractivity contribution in [1.82, 2.24) is 0 Å². The number of rotatable bonds is 3. The van der Waals surface area contributed by atoms with Gasteiger partial charge in [0.1, 0.15) is 24.4 Å². The van der Waals surface area contributed by atoms with Crippen molar-refractivity contribution in [3.05, 3.63) is 0 Å². The van der Waals surface area contributed by atoms with E-state index in [0.717, 1.165) is 0 Å². The Balaban J connectivity index is 2.59. The zero-order chi connectivity index (χ0) is 13.2. The Hall–Kier alpha value is -0.240. The van der Waals surface area contributed by atoms with Gasteiger partial charge in [0, 0.05) is 0 Å². The van der Waals surface area contributed by atoms with Crippen LogP contribution in [0.1, 0.15) is 20.8 Å². The summed E-state index contributed by atoms with van der Waals surface area (Å²) in [5.74, 6) is 0. The number of hydrogen-bond acceptors (Lipinski definition) is 6. The van der Waals surface area contributed by atoms with E-state index in [1.54, 1.807) is 0 Å². The molecule has 5 atom stereocenters. The Morgan fingerprint density at radius 3 is 2.12 bits per heavy atom. The Bertz CT molecular complexity index is 237. The molecule has 0 spiro atoms. The highest BCUT2D eigenvalue weighted by atomic mass is 16.7. The van der Waals surface area contributed by atoms with E-state index in [-0.39, 0.29) is 5.41 Å². The standard InChI is InChI=1S/C11H22O6/c1-11(2,3)5-16-10-9(15)8(14)7(13)6(4-12)17-10/h6-10,12-15H,4-5H2,1-3H3/t6?,7-,8?,9?,10-/m1/s1. The predicted octanol–water partition coefficient (Wildman–Crippen LogP) is -1.15. The van der Waals surface area contributed by atoms with Gasteiger partial charge in [-0.1, -0.05) is 20.8 Å². The Morgan fingerprint density at radius 1 is 1.06 bits per heavy atom. The lowest BCUT2D eigenvalue weighted by atomic mass is 9.97. The highest BCUT2D eigenvalue weighted by molar-refractivity contribution is 4.89. The minimum absolute atomic E-state index is 0.112. The van der Waals surface area contributed by atoms with Gasteiger partial charge in [0.2, 0.25) is 0 Å². The van der Waals surface area contributed by atoms with Crippen LogP contribution in [0.5, 0.6) is 0 Å². The molecule has 1 heterocycles. The fourth-order valence-corrected chi connectivity index (χ4v) is 1.54. The average Bonchev–Trinajstić information content (AvgIpc) is 2.24. The Morgan fingerprint density at radius 2 is 1.65 bits per heavy atom. The zero-order valence-electron chi connectivity index (χ0n) is 10.4. The molecule has 0 radical (unpaired) electrons. The van der Waals surface area contributed by atoms with E-state index in [1.165, 1.54) is 0 Å². The fourth-order valence-electron chi connectivity index (χ4n) is 1.54. The number of ether oxygens (including phenoxy) is 2. The molecular weight excluding hydrogens is 228 g/mol. The first-order chi connectivity index (χ1) is 7.76. The highest BCUT2D eigenvalue weighted by Gasteiger charge is 2.44. The minimum atomic E-state index is -1.38. The molecule has 6 heteroatoms. The van der Waals surface area contributed by atoms with E-state index >= 15 is 0 Å². The number of aliphatic hydroxyl groups excluding tert-OH is 4. The van der Waals surface area contributed by atoms with Crippen molar-refractivity contribution in [2.24, 2.45) is 5.41 Å².